The first-order chi connectivity index (χ1) is 27.3. The number of benzene rings is 1. The molecule has 4 heterocycles. The number of likely N-dealkylation sites (N-methyl/N-ethyl adjacent to an activating group) is 1. The van der Waals surface area contributed by atoms with Crippen LogP contribution in [0, 0.1) is 5.92 Å². The second-order valence-corrected chi connectivity index (χ2v) is 14.4. The number of phenols is 1. The second-order valence-electron chi connectivity index (χ2n) is 14.4. The number of phenolic OH excluding ortho intramolecular Hbond substituents is 1. The van der Waals surface area contributed by atoms with E-state index in [0.29, 0.717) is 49.3 Å². The number of hydrogen-bond donors (Lipinski definition) is 5. The van der Waals surface area contributed by atoms with E-state index in [0.717, 1.165) is 16.5 Å². The number of rotatable bonds is 18. The number of aromatic hydroxyl groups is 1. The molecule has 5 rings (SSSR count). The van der Waals surface area contributed by atoms with E-state index >= 15 is 0 Å². The zero-order valence-corrected chi connectivity index (χ0v) is 33.0. The third-order valence-electron chi connectivity index (χ3n) is 10.3. The highest BCUT2D eigenvalue weighted by Crippen LogP contribution is 2.42. The molecule has 0 aliphatic carbocycles. The van der Waals surface area contributed by atoms with Crippen molar-refractivity contribution in [3.05, 3.63) is 56.9 Å². The lowest BCUT2D eigenvalue weighted by Crippen LogP contribution is -2.53. The van der Waals surface area contributed by atoms with Crippen molar-refractivity contribution >= 4 is 40.7 Å². The van der Waals surface area contributed by atoms with E-state index in [-0.39, 0.29) is 67.9 Å². The van der Waals surface area contributed by atoms with Crippen LogP contribution in [0.4, 0.5) is 4.79 Å². The summed E-state index contributed by atoms with van der Waals surface area (Å²) in [5.74, 6) is -2.53. The van der Waals surface area contributed by atoms with Crippen LogP contribution in [0.2, 0.25) is 0 Å². The number of esters is 1. The van der Waals surface area contributed by atoms with E-state index in [1.807, 2.05) is 6.92 Å². The quantitative estimate of drug-likeness (QED) is 0.0720. The highest BCUT2D eigenvalue weighted by atomic mass is 16.7. The van der Waals surface area contributed by atoms with Gasteiger partial charge in [0.1, 0.15) is 38.2 Å². The molecule has 2 aliphatic rings. The first kappa shape index (κ1) is 42.6. The third-order valence-corrected chi connectivity index (χ3v) is 10.3. The van der Waals surface area contributed by atoms with E-state index < -0.39 is 53.8 Å². The summed E-state index contributed by atoms with van der Waals surface area (Å²) >= 11 is 0. The summed E-state index contributed by atoms with van der Waals surface area (Å²) in [6, 6.07) is 4.83. The Morgan fingerprint density at radius 1 is 1.04 bits per heavy atom. The lowest BCUT2D eigenvalue weighted by atomic mass is 9.85. The number of aromatic nitrogens is 2. The molecule has 2 aliphatic heterocycles. The van der Waals surface area contributed by atoms with Crippen molar-refractivity contribution in [2.45, 2.75) is 97.6 Å². The van der Waals surface area contributed by atoms with Crippen LogP contribution in [0.25, 0.3) is 22.3 Å². The van der Waals surface area contributed by atoms with Crippen LogP contribution in [-0.2, 0) is 63.3 Å². The maximum Gasteiger partial charge on any atom is 0.509 e. The van der Waals surface area contributed by atoms with Gasteiger partial charge in [-0.3, -0.25) is 19.2 Å². The number of ether oxygens (including phenoxy) is 4. The van der Waals surface area contributed by atoms with Crippen LogP contribution < -0.4 is 27.2 Å². The van der Waals surface area contributed by atoms with Crippen molar-refractivity contribution < 1.29 is 48.0 Å². The number of hydrogen-bond acceptors (Lipinski definition) is 13. The molecule has 0 bridgehead atoms. The standard InChI is InChI=1S/C40H52N6O11/c1-6-24-25-15-23(47)12-13-29(25)44-35-26(24)17-46-32(35)16-28-27(37(46)51)18-55-38(52)40(28,7-2)57-39(53)56-19-31(22(4)5)45-36(50)30(11-9-10-14-41)43-34(49)21-54-20-33(48)42-8-3/h12-13,15-16,22,30-31,47H,6-11,14,17-21,41H2,1-5H3,(H,42,48)(H,43,49)(H,45,50). The maximum absolute atomic E-state index is 14.1. The van der Waals surface area contributed by atoms with Gasteiger partial charge in [-0.15, -0.1) is 0 Å². The molecule has 1 aromatic carbocycles. The van der Waals surface area contributed by atoms with E-state index in [4.69, 9.17) is 29.7 Å². The number of pyridine rings is 2. The molecule has 3 aromatic rings. The monoisotopic (exact) mass is 792 g/mol. The highest BCUT2D eigenvalue weighted by Gasteiger charge is 2.51. The van der Waals surface area contributed by atoms with Crippen LogP contribution in [0.1, 0.15) is 82.6 Å². The SMILES string of the molecule is CCNC(=O)COCC(=O)NC(CCCCN)C(=O)NC(COC(=O)OC1(CC)C(=O)OCc2c1cc1n(c2=O)Cc2c-1nc1ccc(O)cc1c2CC)C(C)C. The molecule has 0 spiro atoms. The van der Waals surface area contributed by atoms with E-state index in [9.17, 15) is 33.9 Å². The summed E-state index contributed by atoms with van der Waals surface area (Å²) in [4.78, 5) is 83.7. The number of cyclic esters (lactones) is 1. The molecule has 3 atom stereocenters. The van der Waals surface area contributed by atoms with Gasteiger partial charge in [-0.1, -0.05) is 27.7 Å². The van der Waals surface area contributed by atoms with Gasteiger partial charge in [-0.25, -0.2) is 14.6 Å². The van der Waals surface area contributed by atoms with Crippen molar-refractivity contribution in [3.63, 3.8) is 0 Å². The Kier molecular flexibility index (Phi) is 13.9. The fourth-order valence-corrected chi connectivity index (χ4v) is 7.21. The normalized spacial score (nSPS) is 16.5. The van der Waals surface area contributed by atoms with Crippen LogP contribution in [0.15, 0.2) is 29.1 Å². The molecule has 3 amide bonds. The third kappa shape index (κ3) is 9.20. The van der Waals surface area contributed by atoms with Gasteiger partial charge >= 0.3 is 12.1 Å². The van der Waals surface area contributed by atoms with E-state index in [2.05, 4.69) is 16.0 Å². The Morgan fingerprint density at radius 2 is 1.79 bits per heavy atom. The Morgan fingerprint density at radius 3 is 2.47 bits per heavy atom. The number of fused-ring (bicyclic) bond motifs is 5. The zero-order chi connectivity index (χ0) is 41.4. The number of aryl methyl sites for hydroxylation is 1. The van der Waals surface area contributed by atoms with Gasteiger partial charge in [0.05, 0.1) is 35.1 Å². The Hall–Kier alpha value is -5.55. The predicted molar refractivity (Wildman–Crippen MR) is 207 cm³/mol. The van der Waals surface area contributed by atoms with Crippen molar-refractivity contribution in [3.8, 4) is 17.1 Å². The van der Waals surface area contributed by atoms with Crippen LogP contribution >= 0.6 is 0 Å². The largest absolute Gasteiger partial charge is 0.509 e. The van der Waals surface area contributed by atoms with Gasteiger partial charge in [0.2, 0.25) is 23.3 Å². The summed E-state index contributed by atoms with van der Waals surface area (Å²) in [6.07, 6.45) is 0.714. The molecular formula is C40H52N6O11. The molecule has 0 saturated heterocycles. The Bertz CT molecular complexity index is 2080. The number of nitrogens with one attached hydrogen (secondary N) is 3. The van der Waals surface area contributed by atoms with Gasteiger partial charge in [0, 0.05) is 23.1 Å². The molecule has 6 N–H and O–H groups in total. The predicted octanol–water partition coefficient (Wildman–Crippen LogP) is 2.42. The van der Waals surface area contributed by atoms with Gasteiger partial charge in [0.15, 0.2) is 0 Å². The lowest BCUT2D eigenvalue weighted by Gasteiger charge is -2.35. The number of carbonyl (C=O) groups is 5. The second kappa shape index (κ2) is 18.6. The summed E-state index contributed by atoms with van der Waals surface area (Å²) in [5.41, 5.74) is 6.91. The molecule has 17 heteroatoms. The maximum atomic E-state index is 14.1. The number of amides is 3. The van der Waals surface area contributed by atoms with Gasteiger partial charge in [-0.2, -0.15) is 0 Å². The molecule has 57 heavy (non-hydrogen) atoms. The fourth-order valence-electron chi connectivity index (χ4n) is 7.21. The van der Waals surface area contributed by atoms with Gasteiger partial charge in [0.25, 0.3) is 5.56 Å². The molecule has 308 valence electrons. The highest BCUT2D eigenvalue weighted by molar-refractivity contribution is 5.91. The summed E-state index contributed by atoms with van der Waals surface area (Å²) in [5, 5.41) is 19.0. The molecule has 0 radical (unpaired) electrons. The fraction of sp³-hybridized carbons (Fsp3) is 0.525. The topological polar surface area (TPSA) is 239 Å². The Labute approximate surface area is 330 Å². The van der Waals surface area contributed by atoms with Crippen LogP contribution in [0.3, 0.4) is 0 Å². The summed E-state index contributed by atoms with van der Waals surface area (Å²) in [6.45, 7) is 8.56. The van der Waals surface area contributed by atoms with Crippen LogP contribution in [-0.4, -0.2) is 89.5 Å². The van der Waals surface area contributed by atoms with E-state index in [1.165, 1.54) is 0 Å². The van der Waals surface area contributed by atoms with Crippen LogP contribution in [0.5, 0.6) is 5.75 Å². The Balaban J connectivity index is 1.33. The van der Waals surface area contributed by atoms with Crippen molar-refractivity contribution in [1.82, 2.24) is 25.5 Å². The average molecular weight is 793 g/mol. The lowest BCUT2D eigenvalue weighted by molar-refractivity contribution is -0.175. The smallest absolute Gasteiger partial charge is 0.508 e. The van der Waals surface area contributed by atoms with E-state index in [1.54, 1.807) is 56.5 Å². The zero-order valence-electron chi connectivity index (χ0n) is 33.0. The number of nitrogens with zero attached hydrogens (tertiary/aromatic N) is 2. The number of carbonyl (C=O) groups excluding carboxylic acids is 5. The molecule has 17 nitrogen and oxygen atoms in total. The molecule has 3 unspecified atom stereocenters. The minimum atomic E-state index is -2.02. The van der Waals surface area contributed by atoms with Crippen molar-refractivity contribution in [2.24, 2.45) is 11.7 Å². The molecule has 0 fully saturated rings. The van der Waals surface area contributed by atoms with Crippen molar-refractivity contribution in [1.29, 1.82) is 0 Å². The van der Waals surface area contributed by atoms with Gasteiger partial charge in [-0.05, 0) is 81.3 Å². The van der Waals surface area contributed by atoms with Crippen molar-refractivity contribution in [2.75, 3.05) is 32.9 Å². The summed E-state index contributed by atoms with van der Waals surface area (Å²) < 4.78 is 23.5. The van der Waals surface area contributed by atoms with Gasteiger partial charge < -0.3 is 50.3 Å². The number of unbranched alkanes of at least 4 members (excludes halogenated alkanes) is 1. The molecule has 2 aromatic heterocycles. The summed E-state index contributed by atoms with van der Waals surface area (Å²) in [7, 11) is 0. The first-order valence-electron chi connectivity index (χ1n) is 19.4. The molecule has 0 saturated carbocycles. The average Bonchev–Trinajstić information content (AvgIpc) is 3.54. The minimum Gasteiger partial charge on any atom is -0.508 e. The first-order valence-corrected chi connectivity index (χ1v) is 19.4. The molecular weight excluding hydrogens is 740 g/mol. The number of nitrogens with two attached hydrogens (primary N) is 1. The minimum absolute atomic E-state index is 0.0875.